The van der Waals surface area contributed by atoms with E-state index in [1.165, 1.54) is 22.5 Å². The van der Waals surface area contributed by atoms with Crippen LogP contribution in [0.4, 0.5) is 10.6 Å². The number of rotatable bonds is 10. The van der Waals surface area contributed by atoms with Crippen LogP contribution in [0.2, 0.25) is 0 Å². The summed E-state index contributed by atoms with van der Waals surface area (Å²) in [4.78, 5) is 39.1. The molecule has 1 atom stereocenters. The molecule has 11 heteroatoms. The summed E-state index contributed by atoms with van der Waals surface area (Å²) in [5, 5.41) is 15.5. The van der Waals surface area contributed by atoms with Crippen molar-refractivity contribution in [3.63, 3.8) is 0 Å². The average Bonchev–Trinajstić information content (AvgIpc) is 3.07. The number of carbonyl (C=O) groups is 2. The van der Waals surface area contributed by atoms with Crippen LogP contribution < -0.4 is 10.6 Å². The maximum atomic E-state index is 12.6. The van der Waals surface area contributed by atoms with Crippen LogP contribution in [0.25, 0.3) is 0 Å². The summed E-state index contributed by atoms with van der Waals surface area (Å²) in [5.74, 6) is -0.0741. The van der Waals surface area contributed by atoms with Gasteiger partial charge in [-0.05, 0) is 10.5 Å². The first-order chi connectivity index (χ1) is 14.3. The van der Waals surface area contributed by atoms with Crippen LogP contribution in [0.15, 0.2) is 36.5 Å². The van der Waals surface area contributed by atoms with E-state index in [1.54, 1.807) is 6.92 Å². The minimum absolute atomic E-state index is 0.0761. The van der Waals surface area contributed by atoms with Crippen molar-refractivity contribution in [1.29, 1.82) is 0 Å². The van der Waals surface area contributed by atoms with Gasteiger partial charge >= 0.3 is 11.9 Å². The predicted octanol–water partition coefficient (Wildman–Crippen LogP) is 2.61. The van der Waals surface area contributed by atoms with Gasteiger partial charge < -0.3 is 25.5 Å². The molecule has 2 amide bonds. The summed E-state index contributed by atoms with van der Waals surface area (Å²) < 4.78 is 6.59. The van der Waals surface area contributed by atoms with E-state index in [2.05, 4.69) is 15.6 Å². The SMILES string of the molecule is Cc1ncc([N+](=O)[O-])n1CCNC(=O)C(NC(=O)OCc1ccccc1)SC(C)C. The van der Waals surface area contributed by atoms with E-state index in [1.807, 2.05) is 44.2 Å². The van der Waals surface area contributed by atoms with Crippen LogP contribution >= 0.6 is 11.8 Å². The molecule has 30 heavy (non-hydrogen) atoms. The van der Waals surface area contributed by atoms with Crippen LogP contribution in [0, 0.1) is 17.0 Å². The van der Waals surface area contributed by atoms with Gasteiger partial charge in [0.15, 0.2) is 11.2 Å². The minimum atomic E-state index is -0.854. The van der Waals surface area contributed by atoms with Gasteiger partial charge in [-0.1, -0.05) is 44.2 Å². The number of amides is 2. The molecule has 0 aliphatic carbocycles. The molecule has 0 fully saturated rings. The van der Waals surface area contributed by atoms with Crippen molar-refractivity contribution in [2.75, 3.05) is 6.54 Å². The van der Waals surface area contributed by atoms with Crippen LogP contribution in [0.1, 0.15) is 25.2 Å². The number of ether oxygens (including phenoxy) is 1. The quantitative estimate of drug-likeness (QED) is 0.333. The van der Waals surface area contributed by atoms with Gasteiger partial charge in [0.1, 0.15) is 19.3 Å². The molecule has 1 heterocycles. The first-order valence-corrected chi connectivity index (χ1v) is 10.3. The average molecular weight is 436 g/mol. The number of thioether (sulfide) groups is 1. The zero-order valence-electron chi connectivity index (χ0n) is 17.0. The normalized spacial score (nSPS) is 11.7. The maximum absolute atomic E-state index is 12.6. The van der Waals surface area contributed by atoms with Crippen LogP contribution in [-0.4, -0.2) is 43.6 Å². The number of nitrogens with zero attached hydrogens (tertiary/aromatic N) is 3. The van der Waals surface area contributed by atoms with Gasteiger partial charge in [0.05, 0.1) is 6.54 Å². The molecular weight excluding hydrogens is 410 g/mol. The number of alkyl carbamates (subject to hydrolysis) is 1. The summed E-state index contributed by atoms with van der Waals surface area (Å²) in [5.41, 5.74) is 0.836. The standard InChI is InChI=1S/C19H25N5O5S/c1-13(2)30-18(22-19(26)29-12-15-7-5-4-6-8-15)17(25)20-9-10-23-14(3)21-11-16(23)24(27)28/h4-8,11,13,18H,9-10,12H2,1-3H3,(H,20,25)(H,22,26). The molecule has 2 aromatic rings. The number of benzene rings is 1. The number of imidazole rings is 1. The van der Waals surface area contributed by atoms with E-state index < -0.39 is 22.3 Å². The molecule has 0 aliphatic rings. The molecule has 0 radical (unpaired) electrons. The first-order valence-electron chi connectivity index (χ1n) is 9.34. The molecule has 0 saturated heterocycles. The van der Waals surface area contributed by atoms with Crippen LogP contribution in [-0.2, 0) is 22.7 Å². The van der Waals surface area contributed by atoms with E-state index in [0.717, 1.165) is 5.56 Å². The van der Waals surface area contributed by atoms with E-state index in [-0.39, 0.29) is 30.8 Å². The largest absolute Gasteiger partial charge is 0.445 e. The van der Waals surface area contributed by atoms with E-state index in [9.17, 15) is 19.7 Å². The van der Waals surface area contributed by atoms with Crippen molar-refractivity contribution < 1.29 is 19.2 Å². The molecule has 1 aromatic heterocycles. The van der Waals surface area contributed by atoms with Gasteiger partial charge in [0.2, 0.25) is 0 Å². The Morgan fingerprint density at radius 2 is 2.00 bits per heavy atom. The highest BCUT2D eigenvalue weighted by molar-refractivity contribution is 8.01. The lowest BCUT2D eigenvalue weighted by Crippen LogP contribution is -2.46. The van der Waals surface area contributed by atoms with Crippen molar-refractivity contribution in [3.05, 3.63) is 58.0 Å². The molecule has 2 rings (SSSR count). The lowest BCUT2D eigenvalue weighted by atomic mass is 10.2. The third-order valence-corrected chi connectivity index (χ3v) is 5.11. The van der Waals surface area contributed by atoms with Gasteiger partial charge in [-0.3, -0.25) is 4.79 Å². The Morgan fingerprint density at radius 1 is 1.30 bits per heavy atom. The number of nitro groups is 1. The maximum Gasteiger partial charge on any atom is 0.408 e. The second kappa shape index (κ2) is 11.2. The Morgan fingerprint density at radius 3 is 2.63 bits per heavy atom. The zero-order valence-corrected chi connectivity index (χ0v) is 17.8. The molecule has 0 bridgehead atoms. The monoisotopic (exact) mass is 435 g/mol. The molecule has 2 N–H and O–H groups in total. The van der Waals surface area contributed by atoms with Crippen molar-refractivity contribution in [2.24, 2.45) is 0 Å². The van der Waals surface area contributed by atoms with Crippen molar-refractivity contribution in [2.45, 2.75) is 44.5 Å². The lowest BCUT2D eigenvalue weighted by molar-refractivity contribution is -0.392. The summed E-state index contributed by atoms with van der Waals surface area (Å²) in [6.07, 6.45) is 0.479. The fourth-order valence-electron chi connectivity index (χ4n) is 2.57. The highest BCUT2D eigenvalue weighted by atomic mass is 32.2. The molecule has 1 unspecified atom stereocenters. The lowest BCUT2D eigenvalue weighted by Gasteiger charge is -2.19. The van der Waals surface area contributed by atoms with Crippen LogP contribution in [0.3, 0.4) is 0 Å². The number of hydrogen-bond donors (Lipinski definition) is 2. The molecular formula is C19H25N5O5S. The summed E-state index contributed by atoms with van der Waals surface area (Å²) in [7, 11) is 0. The third kappa shape index (κ3) is 7.07. The van der Waals surface area contributed by atoms with Gasteiger partial charge in [-0.2, -0.15) is 0 Å². The van der Waals surface area contributed by atoms with E-state index >= 15 is 0 Å². The highest BCUT2D eigenvalue weighted by Crippen LogP contribution is 2.16. The number of nitrogens with one attached hydrogen (secondary N) is 2. The third-order valence-electron chi connectivity index (χ3n) is 3.96. The van der Waals surface area contributed by atoms with Crippen molar-refractivity contribution >= 4 is 29.6 Å². The summed E-state index contributed by atoms with van der Waals surface area (Å²) in [6, 6.07) is 9.21. The summed E-state index contributed by atoms with van der Waals surface area (Å²) in [6.45, 7) is 5.88. The Balaban J connectivity index is 1.89. The second-order valence-corrected chi connectivity index (χ2v) is 8.32. The van der Waals surface area contributed by atoms with Gasteiger partial charge in [0.25, 0.3) is 5.91 Å². The molecule has 0 aliphatic heterocycles. The molecule has 1 aromatic carbocycles. The fraction of sp³-hybridized carbons (Fsp3) is 0.421. The second-order valence-electron chi connectivity index (χ2n) is 6.63. The highest BCUT2D eigenvalue weighted by Gasteiger charge is 2.24. The van der Waals surface area contributed by atoms with Crippen molar-refractivity contribution in [1.82, 2.24) is 20.2 Å². The van der Waals surface area contributed by atoms with Crippen LogP contribution in [0.5, 0.6) is 0 Å². The van der Waals surface area contributed by atoms with Gasteiger partial charge in [-0.25, -0.2) is 14.3 Å². The summed E-state index contributed by atoms with van der Waals surface area (Å²) >= 11 is 1.27. The fourth-order valence-corrected chi connectivity index (χ4v) is 3.48. The molecule has 10 nitrogen and oxygen atoms in total. The molecule has 0 spiro atoms. The van der Waals surface area contributed by atoms with E-state index in [4.69, 9.17) is 4.74 Å². The number of hydrogen-bond acceptors (Lipinski definition) is 7. The van der Waals surface area contributed by atoms with Gasteiger partial charge in [-0.15, -0.1) is 11.8 Å². The Bertz CT molecular complexity index is 871. The molecule has 0 saturated carbocycles. The Labute approximate surface area is 178 Å². The number of carbonyl (C=O) groups excluding carboxylic acids is 2. The zero-order chi connectivity index (χ0) is 22.1. The first kappa shape index (κ1) is 23.2. The van der Waals surface area contributed by atoms with E-state index in [0.29, 0.717) is 5.82 Å². The van der Waals surface area contributed by atoms with Crippen molar-refractivity contribution in [3.8, 4) is 0 Å². The minimum Gasteiger partial charge on any atom is -0.445 e. The van der Waals surface area contributed by atoms with Gasteiger partial charge in [0, 0.05) is 12.2 Å². The predicted molar refractivity (Wildman–Crippen MR) is 113 cm³/mol. The Hall–Kier alpha value is -3.08. The number of aryl methyl sites for hydroxylation is 1. The number of aromatic nitrogens is 2. The Kier molecular flexibility index (Phi) is 8.66. The molecule has 162 valence electrons. The smallest absolute Gasteiger partial charge is 0.408 e. The topological polar surface area (TPSA) is 128 Å².